The van der Waals surface area contributed by atoms with Crippen molar-refractivity contribution < 1.29 is 0 Å². The molecule has 0 aromatic rings. The van der Waals surface area contributed by atoms with E-state index in [1.807, 2.05) is 1.60 Å². The van der Waals surface area contributed by atoms with Gasteiger partial charge in [0.1, 0.15) is 0 Å². The van der Waals surface area contributed by atoms with E-state index in [9.17, 15) is 0 Å². The van der Waals surface area contributed by atoms with E-state index in [4.69, 9.17) is 11.6 Å². The van der Waals surface area contributed by atoms with E-state index in [0.29, 0.717) is 0 Å². The summed E-state index contributed by atoms with van der Waals surface area (Å²) in [5, 5.41) is 0. The second-order valence-electron chi connectivity index (χ2n) is 5.97. The second-order valence-corrected chi connectivity index (χ2v) is 23.5. The van der Waals surface area contributed by atoms with Crippen molar-refractivity contribution in [1.82, 2.24) is 0 Å². The van der Waals surface area contributed by atoms with E-state index in [1.165, 1.54) is 44.9 Å². The molecule has 0 aliphatic heterocycles. The van der Waals surface area contributed by atoms with Crippen LogP contribution in [0.2, 0.25) is 13.3 Å². The Bertz CT molecular complexity index is 232. The average molecular weight is 520 g/mol. The van der Waals surface area contributed by atoms with Crippen LogP contribution in [0, 0.1) is 0 Å². The van der Waals surface area contributed by atoms with Gasteiger partial charge in [-0.2, -0.15) is 0 Å². The molecule has 0 aliphatic carbocycles. The van der Waals surface area contributed by atoms with Crippen molar-refractivity contribution in [3.63, 3.8) is 0 Å². The molecule has 0 unspecified atom stereocenters. The summed E-state index contributed by atoms with van der Waals surface area (Å²) in [4.78, 5) is 0. The molecule has 0 saturated heterocycles. The van der Waals surface area contributed by atoms with Crippen LogP contribution in [-0.4, -0.2) is 24.3 Å². The van der Waals surface area contributed by atoms with E-state index in [0.717, 1.165) is 12.3 Å². The second kappa shape index (κ2) is 14.2. The number of hydrogen-bond donors (Lipinski definition) is 0. The van der Waals surface area contributed by atoms with Crippen LogP contribution >= 0.6 is 34.2 Å². The summed E-state index contributed by atoms with van der Waals surface area (Å²) in [6.45, 7) is 7.04. The number of rotatable bonds is 13. The molecular formula is C17H34ClISn. The van der Waals surface area contributed by atoms with Gasteiger partial charge in [0, 0.05) is 0 Å². The van der Waals surface area contributed by atoms with Gasteiger partial charge in [0.2, 0.25) is 0 Å². The number of allylic oxidation sites excluding steroid dienone is 1. The summed E-state index contributed by atoms with van der Waals surface area (Å²) >= 11 is 6.50. The molecule has 0 atom stereocenters. The zero-order chi connectivity index (χ0) is 15.3. The predicted molar refractivity (Wildman–Crippen MR) is 107 cm³/mol. The van der Waals surface area contributed by atoms with Crippen molar-refractivity contribution in [2.45, 2.75) is 85.4 Å². The van der Waals surface area contributed by atoms with Crippen LogP contribution in [0.4, 0.5) is 0 Å². The van der Waals surface area contributed by atoms with Crippen LogP contribution in [0.5, 0.6) is 0 Å². The van der Waals surface area contributed by atoms with Crippen LogP contribution in [-0.2, 0) is 0 Å². The molecule has 0 nitrogen and oxygen atoms in total. The van der Waals surface area contributed by atoms with Gasteiger partial charge in [-0.15, -0.1) is 0 Å². The van der Waals surface area contributed by atoms with Crippen molar-refractivity contribution in [2.24, 2.45) is 0 Å². The minimum absolute atomic E-state index is 0.807. The van der Waals surface area contributed by atoms with E-state index >= 15 is 0 Å². The van der Waals surface area contributed by atoms with Crippen LogP contribution in [0.3, 0.4) is 0 Å². The van der Waals surface area contributed by atoms with Gasteiger partial charge in [-0.25, -0.2) is 0 Å². The standard InChI is InChI=1S/C5H7ClI.3C4H9.Sn/c6-4-2-1-3-5-7;3*1-3-4-2;/h3H,1-2,4H2;3*1,3-4H2,2H3;. The molecule has 0 saturated carbocycles. The van der Waals surface area contributed by atoms with Crippen LogP contribution in [0.1, 0.15) is 72.1 Å². The van der Waals surface area contributed by atoms with Crippen LogP contribution < -0.4 is 0 Å². The quantitative estimate of drug-likeness (QED) is 0.101. The van der Waals surface area contributed by atoms with Gasteiger partial charge in [-0.05, 0) is 0 Å². The molecule has 0 aromatic carbocycles. The Morgan fingerprint density at radius 2 is 1.35 bits per heavy atom. The topological polar surface area (TPSA) is 0 Å². The van der Waals surface area contributed by atoms with Gasteiger partial charge < -0.3 is 0 Å². The Labute approximate surface area is 150 Å². The van der Waals surface area contributed by atoms with E-state index in [1.54, 1.807) is 13.3 Å². The summed E-state index contributed by atoms with van der Waals surface area (Å²) in [6, 6.07) is 0. The molecule has 0 aliphatic rings. The number of hydrogen-bond acceptors (Lipinski definition) is 0. The monoisotopic (exact) mass is 520 g/mol. The molecule has 0 fully saturated rings. The molecule has 120 valence electrons. The van der Waals surface area contributed by atoms with Crippen molar-refractivity contribution in [1.29, 1.82) is 0 Å². The SMILES string of the molecule is CCC[CH2][Sn]([CH2]CCC)([CH2]CCC)/[C](I)=C/CCCCl. The van der Waals surface area contributed by atoms with Gasteiger partial charge in [-0.1, -0.05) is 0 Å². The third kappa shape index (κ3) is 8.87. The number of halogens is 2. The maximum absolute atomic E-state index is 5.84. The first-order chi connectivity index (χ1) is 9.66. The Morgan fingerprint density at radius 1 is 0.900 bits per heavy atom. The van der Waals surface area contributed by atoms with E-state index < -0.39 is 18.4 Å². The Kier molecular flexibility index (Phi) is 15.3. The van der Waals surface area contributed by atoms with Gasteiger partial charge in [-0.3, -0.25) is 0 Å². The Balaban J connectivity index is 4.94. The fourth-order valence-electron chi connectivity index (χ4n) is 2.80. The average Bonchev–Trinajstić information content (AvgIpc) is 2.47. The Morgan fingerprint density at radius 3 is 1.70 bits per heavy atom. The molecule has 0 N–H and O–H groups in total. The zero-order valence-corrected chi connectivity index (χ0v) is 19.6. The summed E-state index contributed by atoms with van der Waals surface area (Å²) < 4.78 is 6.58. The van der Waals surface area contributed by atoms with Gasteiger partial charge >= 0.3 is 152 Å². The molecule has 0 rings (SSSR count). The van der Waals surface area contributed by atoms with Gasteiger partial charge in [0.15, 0.2) is 0 Å². The van der Waals surface area contributed by atoms with Crippen LogP contribution in [0.25, 0.3) is 0 Å². The van der Waals surface area contributed by atoms with Crippen molar-refractivity contribution in [2.75, 3.05) is 5.88 Å². The van der Waals surface area contributed by atoms with Crippen molar-refractivity contribution >= 4 is 52.6 Å². The Hall–Kier alpha value is 1.56. The fraction of sp³-hybridized carbons (Fsp3) is 0.882. The van der Waals surface area contributed by atoms with Gasteiger partial charge in [0.05, 0.1) is 0 Å². The van der Waals surface area contributed by atoms with Gasteiger partial charge in [0.25, 0.3) is 0 Å². The van der Waals surface area contributed by atoms with Crippen molar-refractivity contribution in [3.8, 4) is 0 Å². The predicted octanol–water partition coefficient (Wildman–Crippen LogP) is 7.71. The first kappa shape index (κ1) is 21.6. The van der Waals surface area contributed by atoms with Crippen LogP contribution in [0.15, 0.2) is 7.67 Å². The maximum atomic E-state index is 5.84. The first-order valence-electron chi connectivity index (χ1n) is 8.59. The third-order valence-corrected chi connectivity index (χ3v) is 27.3. The zero-order valence-electron chi connectivity index (χ0n) is 13.8. The van der Waals surface area contributed by atoms with Crippen molar-refractivity contribution in [3.05, 3.63) is 7.67 Å². The summed E-state index contributed by atoms with van der Waals surface area (Å²) in [5.41, 5.74) is 0. The molecule has 0 bridgehead atoms. The molecule has 20 heavy (non-hydrogen) atoms. The molecule has 3 heteroatoms. The van der Waals surface area contributed by atoms with E-state index in [2.05, 4.69) is 49.4 Å². The summed E-state index contributed by atoms with van der Waals surface area (Å²) in [5.74, 6) is 0.807. The molecule has 0 aromatic heterocycles. The van der Waals surface area contributed by atoms with E-state index in [-0.39, 0.29) is 0 Å². The fourth-order valence-corrected chi connectivity index (χ4v) is 23.3. The first-order valence-corrected chi connectivity index (χ1v) is 17.7. The normalized spacial score (nSPS) is 12.9. The minimum atomic E-state index is -2.06. The number of unbranched alkanes of at least 4 members (excludes halogenated alkanes) is 4. The molecule has 0 amide bonds. The molecule has 0 heterocycles. The third-order valence-electron chi connectivity index (χ3n) is 4.19. The summed E-state index contributed by atoms with van der Waals surface area (Å²) in [7, 11) is 0. The number of alkyl halides is 1. The molecule has 0 spiro atoms. The molecular weight excluding hydrogens is 485 g/mol. The molecule has 0 radical (unpaired) electrons. The summed E-state index contributed by atoms with van der Waals surface area (Å²) in [6.07, 6.45) is 13.4.